The first-order valence-electron chi connectivity index (χ1n) is 1.99. The molecule has 0 aromatic rings. The van der Waals surface area contributed by atoms with E-state index in [1.54, 1.807) is 19.0 Å². The molecule has 0 unspecified atom stereocenters. The maximum atomic E-state index is 9.77. The minimum absolute atomic E-state index is 0. The van der Waals surface area contributed by atoms with E-state index >= 15 is 0 Å². The molecule has 0 amide bonds. The van der Waals surface area contributed by atoms with Gasteiger partial charge in [-0.3, -0.25) is 9.69 Å². The van der Waals surface area contributed by atoms with Crippen molar-refractivity contribution < 1.29 is 9.90 Å². The third kappa shape index (κ3) is 9.85. The van der Waals surface area contributed by atoms with Crippen LogP contribution >= 0.6 is 0 Å². The second-order valence-electron chi connectivity index (χ2n) is 1.63. The van der Waals surface area contributed by atoms with Gasteiger partial charge in [-0.1, -0.05) is 0 Å². The van der Waals surface area contributed by atoms with Crippen LogP contribution in [0.3, 0.4) is 0 Å². The number of likely N-dealkylation sites (N-methyl/N-ethyl adjacent to an activating group) is 1. The second-order valence-corrected chi connectivity index (χ2v) is 1.63. The maximum absolute atomic E-state index is 9.77. The van der Waals surface area contributed by atoms with E-state index in [1.807, 2.05) is 0 Å². The van der Waals surface area contributed by atoms with E-state index in [2.05, 4.69) is 0 Å². The van der Waals surface area contributed by atoms with Crippen LogP contribution in [-0.2, 0) is 4.79 Å². The van der Waals surface area contributed by atoms with Crippen LogP contribution < -0.4 is 0 Å². The molecule has 0 fully saturated rings. The van der Waals surface area contributed by atoms with Gasteiger partial charge in [-0.05, 0) is 14.1 Å². The average molecular weight is 145 g/mol. The van der Waals surface area contributed by atoms with Gasteiger partial charge in [0.2, 0.25) is 0 Å². The third-order valence-electron chi connectivity index (χ3n) is 0.451. The summed E-state index contributed by atoms with van der Waals surface area (Å²) in [6, 6.07) is 0. The third-order valence-corrected chi connectivity index (χ3v) is 0.451. The van der Waals surface area contributed by atoms with E-state index in [4.69, 9.17) is 5.11 Å². The van der Waals surface area contributed by atoms with Crippen molar-refractivity contribution in [1.82, 2.24) is 4.90 Å². The summed E-state index contributed by atoms with van der Waals surface area (Å²) in [5, 5.41) is 8.04. The number of nitrogens with zero attached hydrogens (tertiary/aromatic N) is 1. The Kier molecular flexibility index (Phi) is 8.35. The topological polar surface area (TPSA) is 40.5 Å². The van der Waals surface area contributed by atoms with Crippen LogP contribution in [0.4, 0.5) is 0 Å². The number of hydrogen-bond donors (Lipinski definition) is 1. The van der Waals surface area contributed by atoms with Crippen LogP contribution in [0.5, 0.6) is 0 Å². The Hall–Kier alpha value is 0.690. The van der Waals surface area contributed by atoms with Crippen LogP contribution in [-0.4, -0.2) is 74.4 Å². The summed E-state index contributed by atoms with van der Waals surface area (Å²) < 4.78 is 0. The molecule has 0 aliphatic rings. The van der Waals surface area contributed by atoms with Gasteiger partial charge < -0.3 is 5.11 Å². The van der Waals surface area contributed by atoms with Gasteiger partial charge in [0.05, 0.1) is 6.54 Å². The summed E-state index contributed by atoms with van der Waals surface area (Å²) in [5.74, 6) is -0.787. The molecule has 0 rings (SSSR count). The van der Waals surface area contributed by atoms with Crippen molar-refractivity contribution in [1.29, 1.82) is 0 Å². The van der Waals surface area contributed by atoms with E-state index in [0.717, 1.165) is 0 Å². The molecule has 0 heterocycles. The van der Waals surface area contributed by atoms with E-state index in [0.29, 0.717) is 0 Å². The number of hydrogen-bond acceptors (Lipinski definition) is 2. The van der Waals surface area contributed by atoms with E-state index in [-0.39, 0.29) is 44.3 Å². The molecule has 0 spiro atoms. The predicted octanol–water partition coefficient (Wildman–Crippen LogP) is -1.28. The summed E-state index contributed by atoms with van der Waals surface area (Å²) in [7, 11) is 3.43. The van der Waals surface area contributed by atoms with Gasteiger partial charge in [-0.2, -0.15) is 0 Å². The fourth-order valence-corrected chi connectivity index (χ4v) is 0.271. The molecular formula is C4H11CaNO2. The van der Waals surface area contributed by atoms with Crippen LogP contribution in [0.15, 0.2) is 0 Å². The molecule has 0 aliphatic carbocycles. The van der Waals surface area contributed by atoms with Crippen LogP contribution in [0.1, 0.15) is 0 Å². The minimum atomic E-state index is -0.787. The fraction of sp³-hybridized carbons (Fsp3) is 0.750. The first-order valence-corrected chi connectivity index (χ1v) is 1.99. The molecular weight excluding hydrogens is 134 g/mol. The average Bonchev–Trinajstić information content (AvgIpc) is 1.27. The molecule has 3 nitrogen and oxygen atoms in total. The number of carbonyl (C=O) groups is 1. The molecule has 0 aromatic heterocycles. The molecule has 0 saturated heterocycles. The molecule has 0 atom stereocenters. The van der Waals surface area contributed by atoms with Crippen molar-refractivity contribution in [2.45, 2.75) is 0 Å². The number of rotatable bonds is 2. The van der Waals surface area contributed by atoms with Gasteiger partial charge in [-0.25, -0.2) is 0 Å². The molecule has 0 saturated carbocycles. The Morgan fingerprint density at radius 1 is 1.62 bits per heavy atom. The van der Waals surface area contributed by atoms with Gasteiger partial charge in [0.25, 0.3) is 0 Å². The molecule has 0 radical (unpaired) electrons. The predicted molar refractivity (Wildman–Crippen MR) is 34.7 cm³/mol. The molecule has 8 heavy (non-hydrogen) atoms. The van der Waals surface area contributed by atoms with Gasteiger partial charge >= 0.3 is 43.7 Å². The first kappa shape index (κ1) is 11.5. The quantitative estimate of drug-likeness (QED) is 0.492. The molecule has 0 aromatic carbocycles. The van der Waals surface area contributed by atoms with Crippen molar-refractivity contribution in [3.8, 4) is 0 Å². The second kappa shape index (κ2) is 5.82. The van der Waals surface area contributed by atoms with Gasteiger partial charge in [0, 0.05) is 0 Å². The monoisotopic (exact) mass is 145 g/mol. The van der Waals surface area contributed by atoms with Crippen molar-refractivity contribution in [3.63, 3.8) is 0 Å². The summed E-state index contributed by atoms with van der Waals surface area (Å²) >= 11 is 0. The van der Waals surface area contributed by atoms with E-state index in [1.165, 1.54) is 0 Å². The van der Waals surface area contributed by atoms with Crippen molar-refractivity contribution in [3.05, 3.63) is 0 Å². The van der Waals surface area contributed by atoms with Gasteiger partial charge in [0.15, 0.2) is 0 Å². The first-order chi connectivity index (χ1) is 3.13. The Morgan fingerprint density at radius 2 is 2.00 bits per heavy atom. The number of carboxylic acid groups (broad SMARTS) is 1. The summed E-state index contributed by atoms with van der Waals surface area (Å²) in [6.45, 7) is 0.111. The van der Waals surface area contributed by atoms with Crippen molar-refractivity contribution >= 4 is 43.7 Å². The zero-order valence-corrected chi connectivity index (χ0v) is 4.51. The standard InChI is InChI=1S/C4H9NO2.Ca.2H/c1-5(2)3-4(6)7;;;/h3H2,1-2H3,(H,6,7);;;. The van der Waals surface area contributed by atoms with Crippen LogP contribution in [0.25, 0.3) is 0 Å². The molecule has 46 valence electrons. The normalized spacial score (nSPS) is 8.38. The molecule has 4 heteroatoms. The summed E-state index contributed by atoms with van der Waals surface area (Å²) in [6.07, 6.45) is 0. The van der Waals surface area contributed by atoms with Crippen LogP contribution in [0.2, 0.25) is 0 Å². The SMILES string of the molecule is CN(C)CC(=O)O.[CaH2]. The van der Waals surface area contributed by atoms with Crippen LogP contribution in [0, 0.1) is 0 Å². The molecule has 0 bridgehead atoms. The van der Waals surface area contributed by atoms with E-state index in [9.17, 15) is 4.79 Å². The number of carboxylic acids is 1. The zero-order valence-electron chi connectivity index (χ0n) is 4.51. The summed E-state index contributed by atoms with van der Waals surface area (Å²) in [4.78, 5) is 11.4. The van der Waals surface area contributed by atoms with E-state index < -0.39 is 5.97 Å². The van der Waals surface area contributed by atoms with Crippen molar-refractivity contribution in [2.24, 2.45) is 0 Å². The molecule has 1 N–H and O–H groups in total. The number of aliphatic carboxylic acids is 1. The van der Waals surface area contributed by atoms with Crippen molar-refractivity contribution in [2.75, 3.05) is 20.6 Å². The Labute approximate surface area is 78.7 Å². The van der Waals surface area contributed by atoms with Gasteiger partial charge in [0.1, 0.15) is 0 Å². The Bertz CT molecular complexity index is 74.4. The van der Waals surface area contributed by atoms with Gasteiger partial charge in [-0.15, -0.1) is 0 Å². The zero-order chi connectivity index (χ0) is 5.86. The fourth-order valence-electron chi connectivity index (χ4n) is 0.271. The summed E-state index contributed by atoms with van der Waals surface area (Å²) in [5.41, 5.74) is 0. The Balaban J connectivity index is 0. The Morgan fingerprint density at radius 3 is 2.00 bits per heavy atom. The molecule has 0 aliphatic heterocycles.